The van der Waals surface area contributed by atoms with Gasteiger partial charge in [0.25, 0.3) is 0 Å². The molecule has 0 atom stereocenters. The molecule has 0 unspecified atom stereocenters. The molecule has 0 amide bonds. The van der Waals surface area contributed by atoms with Crippen LogP contribution >= 0.6 is 23.1 Å². The zero-order valence-electron chi connectivity index (χ0n) is 10.9. The fourth-order valence-electron chi connectivity index (χ4n) is 1.49. The summed E-state index contributed by atoms with van der Waals surface area (Å²) in [5.74, 6) is -0.0269. The summed E-state index contributed by atoms with van der Waals surface area (Å²) in [7, 11) is 3.28. The van der Waals surface area contributed by atoms with Crippen LogP contribution < -0.4 is 0 Å². The summed E-state index contributed by atoms with van der Waals surface area (Å²) in [5.41, 5.74) is 1.97. The quantitative estimate of drug-likeness (QED) is 0.619. The number of aryl methyl sites for hydroxylation is 2. The SMILES string of the molecule is CCc1cc(-c2nnc(SCC(=O)OC)s2)nn1C. The predicted molar refractivity (Wildman–Crippen MR) is 74.2 cm³/mol. The molecule has 8 heteroatoms. The topological polar surface area (TPSA) is 69.9 Å². The van der Waals surface area contributed by atoms with E-state index in [0.29, 0.717) is 0 Å². The van der Waals surface area contributed by atoms with E-state index in [9.17, 15) is 4.79 Å². The maximum atomic E-state index is 11.0. The highest BCUT2D eigenvalue weighted by atomic mass is 32.2. The summed E-state index contributed by atoms with van der Waals surface area (Å²) in [4.78, 5) is 11.0. The number of aromatic nitrogens is 4. The van der Waals surface area contributed by atoms with E-state index in [2.05, 4.69) is 27.0 Å². The highest BCUT2D eigenvalue weighted by Crippen LogP contribution is 2.28. The number of rotatable bonds is 5. The van der Waals surface area contributed by atoms with E-state index in [1.807, 2.05) is 17.8 Å². The lowest BCUT2D eigenvalue weighted by Gasteiger charge is -1.94. The van der Waals surface area contributed by atoms with Crippen molar-refractivity contribution < 1.29 is 9.53 Å². The Morgan fingerprint density at radius 2 is 2.32 bits per heavy atom. The van der Waals surface area contributed by atoms with Crippen LogP contribution in [-0.4, -0.2) is 38.8 Å². The first-order valence-corrected chi connectivity index (χ1v) is 7.50. The van der Waals surface area contributed by atoms with Gasteiger partial charge in [0, 0.05) is 12.7 Å². The van der Waals surface area contributed by atoms with E-state index >= 15 is 0 Å². The molecule has 19 heavy (non-hydrogen) atoms. The molecular formula is C11H14N4O2S2. The molecule has 2 aromatic heterocycles. The van der Waals surface area contributed by atoms with Gasteiger partial charge in [0.15, 0.2) is 9.35 Å². The average Bonchev–Trinajstić information content (AvgIpc) is 3.02. The van der Waals surface area contributed by atoms with Gasteiger partial charge in [0.05, 0.1) is 12.9 Å². The van der Waals surface area contributed by atoms with Gasteiger partial charge in [-0.3, -0.25) is 9.48 Å². The number of hydrogen-bond donors (Lipinski definition) is 0. The molecule has 0 saturated carbocycles. The van der Waals surface area contributed by atoms with Gasteiger partial charge < -0.3 is 4.74 Å². The molecule has 0 fully saturated rings. The Bertz CT molecular complexity index is 579. The third-order valence-electron chi connectivity index (χ3n) is 2.51. The van der Waals surface area contributed by atoms with E-state index < -0.39 is 0 Å². The number of hydrogen-bond acceptors (Lipinski definition) is 7. The van der Waals surface area contributed by atoms with Crippen molar-refractivity contribution >= 4 is 29.1 Å². The van der Waals surface area contributed by atoms with E-state index in [-0.39, 0.29) is 11.7 Å². The van der Waals surface area contributed by atoms with Crippen LogP contribution in [0.5, 0.6) is 0 Å². The van der Waals surface area contributed by atoms with Crippen molar-refractivity contribution in [2.24, 2.45) is 7.05 Å². The maximum absolute atomic E-state index is 11.0. The Hall–Kier alpha value is -1.41. The fraction of sp³-hybridized carbons (Fsp3) is 0.455. The van der Waals surface area contributed by atoms with Crippen LogP contribution in [0.4, 0.5) is 0 Å². The molecule has 6 nitrogen and oxygen atoms in total. The van der Waals surface area contributed by atoms with E-state index in [4.69, 9.17) is 0 Å². The Labute approximate surface area is 119 Å². The zero-order valence-corrected chi connectivity index (χ0v) is 12.5. The molecule has 2 heterocycles. The summed E-state index contributed by atoms with van der Waals surface area (Å²) in [6, 6.07) is 2.01. The third-order valence-corrected chi connectivity index (χ3v) is 4.56. The minimum Gasteiger partial charge on any atom is -0.468 e. The molecule has 0 aliphatic heterocycles. The van der Waals surface area contributed by atoms with Crippen molar-refractivity contribution in [2.75, 3.05) is 12.9 Å². The normalized spacial score (nSPS) is 10.7. The molecule has 0 spiro atoms. The van der Waals surface area contributed by atoms with Crippen LogP contribution in [0.2, 0.25) is 0 Å². The Morgan fingerprint density at radius 3 is 2.95 bits per heavy atom. The van der Waals surface area contributed by atoms with Crippen LogP contribution in [0.15, 0.2) is 10.4 Å². The Balaban J connectivity index is 2.09. The van der Waals surface area contributed by atoms with Gasteiger partial charge in [-0.15, -0.1) is 10.2 Å². The first kappa shape index (κ1) is 14.0. The second-order valence-corrected chi connectivity index (χ2v) is 5.94. The zero-order chi connectivity index (χ0) is 13.8. The van der Waals surface area contributed by atoms with Crippen molar-refractivity contribution in [3.8, 4) is 10.7 Å². The average molecular weight is 298 g/mol. The number of methoxy groups -OCH3 is 1. The van der Waals surface area contributed by atoms with E-state index in [1.54, 1.807) is 0 Å². The van der Waals surface area contributed by atoms with Gasteiger partial charge in [0.1, 0.15) is 5.69 Å². The molecule has 102 valence electrons. The summed E-state index contributed by atoms with van der Waals surface area (Å²) >= 11 is 2.75. The van der Waals surface area contributed by atoms with E-state index in [0.717, 1.165) is 27.2 Å². The molecule has 0 radical (unpaired) electrons. The molecule has 0 saturated heterocycles. The van der Waals surface area contributed by atoms with E-state index in [1.165, 1.54) is 30.2 Å². The van der Waals surface area contributed by atoms with Crippen LogP contribution in [0, 0.1) is 0 Å². The van der Waals surface area contributed by atoms with Gasteiger partial charge in [-0.05, 0) is 12.5 Å². The Morgan fingerprint density at radius 1 is 1.53 bits per heavy atom. The molecular weight excluding hydrogens is 284 g/mol. The van der Waals surface area contributed by atoms with Crippen molar-refractivity contribution in [1.29, 1.82) is 0 Å². The van der Waals surface area contributed by atoms with Crippen molar-refractivity contribution in [1.82, 2.24) is 20.0 Å². The predicted octanol–water partition coefficient (Wildman–Crippen LogP) is 1.77. The summed E-state index contributed by atoms with van der Waals surface area (Å²) in [6.07, 6.45) is 0.923. The van der Waals surface area contributed by atoms with Crippen LogP contribution in [-0.2, 0) is 23.0 Å². The lowest BCUT2D eigenvalue weighted by Crippen LogP contribution is -2.02. The van der Waals surface area contributed by atoms with Gasteiger partial charge in [-0.25, -0.2) is 0 Å². The second-order valence-electron chi connectivity index (χ2n) is 3.74. The second kappa shape index (κ2) is 6.16. The molecule has 2 rings (SSSR count). The first-order chi connectivity index (χ1) is 9.13. The third kappa shape index (κ3) is 3.32. The van der Waals surface area contributed by atoms with Crippen molar-refractivity contribution in [2.45, 2.75) is 17.7 Å². The molecule has 0 aliphatic rings. The molecule has 0 N–H and O–H groups in total. The van der Waals surface area contributed by atoms with Crippen molar-refractivity contribution in [3.63, 3.8) is 0 Å². The van der Waals surface area contributed by atoms with Crippen LogP contribution in [0.3, 0.4) is 0 Å². The minimum atomic E-state index is -0.271. The first-order valence-electron chi connectivity index (χ1n) is 5.70. The smallest absolute Gasteiger partial charge is 0.316 e. The highest BCUT2D eigenvalue weighted by Gasteiger charge is 2.13. The number of ether oxygens (including phenoxy) is 1. The number of thioether (sulfide) groups is 1. The van der Waals surface area contributed by atoms with Crippen LogP contribution in [0.25, 0.3) is 10.7 Å². The molecule has 0 bridgehead atoms. The molecule has 2 aromatic rings. The van der Waals surface area contributed by atoms with Gasteiger partial charge in [-0.2, -0.15) is 5.10 Å². The summed E-state index contributed by atoms with van der Waals surface area (Å²) in [5, 5.41) is 13.3. The summed E-state index contributed by atoms with van der Waals surface area (Å²) in [6.45, 7) is 2.08. The standard InChI is InChI=1S/C11H14N4O2S2/c1-4-7-5-8(14-15(7)2)10-12-13-11(19-10)18-6-9(16)17-3/h5H,4,6H2,1-3H3. The molecule has 0 aromatic carbocycles. The van der Waals surface area contributed by atoms with Gasteiger partial charge >= 0.3 is 5.97 Å². The largest absolute Gasteiger partial charge is 0.468 e. The number of esters is 1. The lowest BCUT2D eigenvalue weighted by atomic mass is 10.3. The number of nitrogens with zero attached hydrogens (tertiary/aromatic N) is 4. The minimum absolute atomic E-state index is 0.244. The monoisotopic (exact) mass is 298 g/mol. The van der Waals surface area contributed by atoms with Crippen LogP contribution in [0.1, 0.15) is 12.6 Å². The number of carbonyl (C=O) groups is 1. The highest BCUT2D eigenvalue weighted by molar-refractivity contribution is 8.01. The number of carbonyl (C=O) groups excluding carboxylic acids is 1. The maximum Gasteiger partial charge on any atom is 0.316 e. The lowest BCUT2D eigenvalue weighted by molar-refractivity contribution is -0.137. The summed E-state index contributed by atoms with van der Waals surface area (Å²) < 4.78 is 7.16. The Kier molecular flexibility index (Phi) is 4.54. The van der Waals surface area contributed by atoms with Gasteiger partial charge in [0.2, 0.25) is 0 Å². The fourth-order valence-corrected chi connectivity index (χ4v) is 3.13. The van der Waals surface area contributed by atoms with Gasteiger partial charge in [-0.1, -0.05) is 30.0 Å². The molecule has 0 aliphatic carbocycles. The van der Waals surface area contributed by atoms with Crippen molar-refractivity contribution in [3.05, 3.63) is 11.8 Å².